The molecule has 8 heteroatoms. The van der Waals surface area contributed by atoms with Crippen molar-refractivity contribution in [3.8, 4) is 17.1 Å². The first kappa shape index (κ1) is 23.2. The normalized spacial score (nSPS) is 14.8. The van der Waals surface area contributed by atoms with Gasteiger partial charge in [0.1, 0.15) is 5.75 Å². The first-order chi connectivity index (χ1) is 16.1. The number of aromatic amines is 1. The molecule has 1 aliphatic rings. The van der Waals surface area contributed by atoms with Crippen molar-refractivity contribution >= 4 is 18.1 Å². The van der Waals surface area contributed by atoms with E-state index >= 15 is 0 Å². The zero-order valence-corrected chi connectivity index (χ0v) is 20.0. The Balaban J connectivity index is 1.42. The number of likely N-dealkylation sites (tertiary alicyclic amines) is 1. The third-order valence-corrected chi connectivity index (χ3v) is 6.51. The van der Waals surface area contributed by atoms with Crippen LogP contribution in [-0.4, -0.2) is 52.3 Å². The van der Waals surface area contributed by atoms with Crippen molar-refractivity contribution in [2.45, 2.75) is 38.8 Å². The summed E-state index contributed by atoms with van der Waals surface area (Å²) in [6.45, 7) is 5.12. The van der Waals surface area contributed by atoms with Gasteiger partial charge < -0.3 is 10.1 Å². The maximum atomic E-state index is 12.8. The Kier molecular flexibility index (Phi) is 7.57. The highest BCUT2D eigenvalue weighted by atomic mass is 32.1. The molecule has 0 spiro atoms. The Bertz CT molecular complexity index is 1130. The molecule has 1 atom stereocenters. The number of nitrogens with zero attached hydrogens (tertiary/aromatic N) is 3. The van der Waals surface area contributed by atoms with Crippen molar-refractivity contribution in [2.24, 2.45) is 0 Å². The van der Waals surface area contributed by atoms with E-state index in [1.165, 1.54) is 18.4 Å². The van der Waals surface area contributed by atoms with Crippen LogP contribution in [0.15, 0.2) is 48.5 Å². The molecular weight excluding hydrogens is 434 g/mol. The second kappa shape index (κ2) is 10.8. The highest BCUT2D eigenvalue weighted by Gasteiger charge is 2.26. The number of benzene rings is 2. The number of methoxy groups -OCH3 is 1. The average molecular weight is 466 g/mol. The molecule has 1 fully saturated rings. The van der Waals surface area contributed by atoms with E-state index in [-0.39, 0.29) is 11.9 Å². The predicted octanol–water partition coefficient (Wildman–Crippen LogP) is 4.27. The van der Waals surface area contributed by atoms with Gasteiger partial charge in [-0.3, -0.25) is 19.4 Å². The van der Waals surface area contributed by atoms with E-state index in [0.29, 0.717) is 24.3 Å². The number of ether oxygens (including phenoxy) is 1. The minimum Gasteiger partial charge on any atom is -0.496 e. The number of carbonyl (C=O) groups excluding carboxylic acids is 1. The van der Waals surface area contributed by atoms with Crippen LogP contribution in [0.1, 0.15) is 36.4 Å². The Morgan fingerprint density at radius 3 is 2.64 bits per heavy atom. The molecule has 174 valence electrons. The summed E-state index contributed by atoms with van der Waals surface area (Å²) < 4.78 is 8.00. The molecule has 0 radical (unpaired) electrons. The van der Waals surface area contributed by atoms with Gasteiger partial charge in [0.25, 0.3) is 0 Å². The second-order valence-corrected chi connectivity index (χ2v) is 8.81. The van der Waals surface area contributed by atoms with Crippen molar-refractivity contribution in [3.05, 3.63) is 64.4 Å². The minimum atomic E-state index is -0.00736. The zero-order valence-electron chi connectivity index (χ0n) is 19.2. The Morgan fingerprint density at radius 2 is 1.91 bits per heavy atom. The van der Waals surface area contributed by atoms with Crippen LogP contribution in [0.2, 0.25) is 0 Å². The monoisotopic (exact) mass is 465 g/mol. The Morgan fingerprint density at radius 1 is 1.18 bits per heavy atom. The van der Waals surface area contributed by atoms with Gasteiger partial charge in [-0.05, 0) is 51.1 Å². The summed E-state index contributed by atoms with van der Waals surface area (Å²) in [6, 6.07) is 16.3. The number of H-pyrrole nitrogens is 1. The number of amides is 1. The van der Waals surface area contributed by atoms with Gasteiger partial charge in [-0.1, -0.05) is 48.0 Å². The fourth-order valence-electron chi connectivity index (χ4n) is 4.39. The van der Waals surface area contributed by atoms with Gasteiger partial charge in [0.15, 0.2) is 10.6 Å². The lowest BCUT2D eigenvalue weighted by molar-refractivity contribution is -0.121. The molecule has 1 aliphatic heterocycles. The van der Waals surface area contributed by atoms with E-state index < -0.39 is 0 Å². The summed E-state index contributed by atoms with van der Waals surface area (Å²) in [5.41, 5.74) is 3.26. The number of para-hydroxylation sites is 1. The Labute approximate surface area is 199 Å². The zero-order chi connectivity index (χ0) is 23.2. The fraction of sp³-hybridized carbons (Fsp3) is 0.400. The van der Waals surface area contributed by atoms with Gasteiger partial charge in [0.2, 0.25) is 5.91 Å². The van der Waals surface area contributed by atoms with E-state index in [2.05, 4.69) is 26.5 Å². The molecule has 0 bridgehead atoms. The maximum absolute atomic E-state index is 12.8. The SMILES string of the molecule is COc1ccccc1C(CNC(=O)CCn1c(-c2ccc(C)cc2)n[nH]c1=S)N1CCCC1. The molecule has 2 aromatic carbocycles. The van der Waals surface area contributed by atoms with E-state index in [4.69, 9.17) is 17.0 Å². The highest BCUT2D eigenvalue weighted by Crippen LogP contribution is 2.31. The number of hydrogen-bond donors (Lipinski definition) is 2. The number of rotatable bonds is 9. The van der Waals surface area contributed by atoms with Crippen LogP contribution in [0.25, 0.3) is 11.4 Å². The van der Waals surface area contributed by atoms with E-state index in [1.54, 1.807) is 7.11 Å². The second-order valence-electron chi connectivity index (χ2n) is 8.42. The molecule has 3 aromatic rings. The van der Waals surface area contributed by atoms with Crippen molar-refractivity contribution in [3.63, 3.8) is 0 Å². The third kappa shape index (κ3) is 5.51. The van der Waals surface area contributed by atoms with E-state index in [9.17, 15) is 4.79 Å². The summed E-state index contributed by atoms with van der Waals surface area (Å²) >= 11 is 5.41. The molecule has 33 heavy (non-hydrogen) atoms. The van der Waals surface area contributed by atoms with Gasteiger partial charge in [0, 0.05) is 30.6 Å². The summed E-state index contributed by atoms with van der Waals surface area (Å²) in [5, 5.41) is 10.4. The first-order valence-corrected chi connectivity index (χ1v) is 11.8. The van der Waals surface area contributed by atoms with Gasteiger partial charge in [0.05, 0.1) is 13.2 Å². The van der Waals surface area contributed by atoms with Crippen LogP contribution in [0.3, 0.4) is 0 Å². The summed E-state index contributed by atoms with van der Waals surface area (Å²) in [5.74, 6) is 1.60. The first-order valence-electron chi connectivity index (χ1n) is 11.4. The van der Waals surface area contributed by atoms with Crippen molar-refractivity contribution in [2.75, 3.05) is 26.7 Å². The van der Waals surface area contributed by atoms with Crippen LogP contribution >= 0.6 is 12.2 Å². The molecule has 2 N–H and O–H groups in total. The number of carbonyl (C=O) groups is 1. The third-order valence-electron chi connectivity index (χ3n) is 6.20. The Hall–Kier alpha value is -2.97. The van der Waals surface area contributed by atoms with Crippen LogP contribution in [0, 0.1) is 11.7 Å². The molecule has 2 heterocycles. The molecule has 7 nitrogen and oxygen atoms in total. The maximum Gasteiger partial charge on any atom is 0.221 e. The van der Waals surface area contributed by atoms with Crippen LogP contribution in [0.4, 0.5) is 0 Å². The molecule has 4 rings (SSSR count). The average Bonchev–Trinajstić information content (AvgIpc) is 3.49. The lowest BCUT2D eigenvalue weighted by Gasteiger charge is -2.29. The van der Waals surface area contributed by atoms with Crippen molar-refractivity contribution in [1.82, 2.24) is 25.0 Å². The van der Waals surface area contributed by atoms with Crippen molar-refractivity contribution < 1.29 is 9.53 Å². The van der Waals surface area contributed by atoms with Gasteiger partial charge in [-0.2, -0.15) is 5.10 Å². The molecule has 1 amide bonds. The smallest absolute Gasteiger partial charge is 0.221 e. The lowest BCUT2D eigenvalue weighted by Crippen LogP contribution is -2.37. The van der Waals surface area contributed by atoms with Crippen LogP contribution in [0.5, 0.6) is 5.75 Å². The van der Waals surface area contributed by atoms with E-state index in [1.807, 2.05) is 54.0 Å². The molecule has 0 saturated carbocycles. The summed E-state index contributed by atoms with van der Waals surface area (Å²) in [6.07, 6.45) is 2.69. The summed E-state index contributed by atoms with van der Waals surface area (Å²) in [4.78, 5) is 15.2. The van der Waals surface area contributed by atoms with Crippen molar-refractivity contribution in [1.29, 1.82) is 0 Å². The van der Waals surface area contributed by atoms with Gasteiger partial charge >= 0.3 is 0 Å². The number of aromatic nitrogens is 3. The van der Waals surface area contributed by atoms with Gasteiger partial charge in [-0.15, -0.1) is 0 Å². The number of hydrogen-bond acceptors (Lipinski definition) is 5. The highest BCUT2D eigenvalue weighted by molar-refractivity contribution is 7.71. The topological polar surface area (TPSA) is 75.2 Å². The number of aryl methyl sites for hydroxylation is 1. The lowest BCUT2D eigenvalue weighted by atomic mass is 10.0. The van der Waals surface area contributed by atoms with Gasteiger partial charge in [-0.25, -0.2) is 0 Å². The largest absolute Gasteiger partial charge is 0.496 e. The number of nitrogens with one attached hydrogen (secondary N) is 2. The molecule has 1 unspecified atom stereocenters. The summed E-state index contributed by atoms with van der Waals surface area (Å²) in [7, 11) is 1.69. The molecule has 0 aliphatic carbocycles. The predicted molar refractivity (Wildman–Crippen MR) is 132 cm³/mol. The van der Waals surface area contributed by atoms with Crippen LogP contribution in [-0.2, 0) is 11.3 Å². The van der Waals surface area contributed by atoms with E-state index in [0.717, 1.165) is 35.8 Å². The minimum absolute atomic E-state index is 0.00736. The molecule has 1 aromatic heterocycles. The standard InChI is InChI=1S/C25H31N5O2S/c1-18-9-11-19(12-10-18)24-27-28-25(33)30(24)16-13-23(31)26-17-21(29-14-5-6-15-29)20-7-3-4-8-22(20)32-2/h3-4,7-12,21H,5-6,13-17H2,1-2H3,(H,26,31)(H,28,33). The molecule has 1 saturated heterocycles. The quantitative estimate of drug-likeness (QED) is 0.462. The fourth-order valence-corrected chi connectivity index (χ4v) is 4.61. The molecular formula is C25H31N5O2S. The van der Waals surface area contributed by atoms with Crippen LogP contribution < -0.4 is 10.1 Å².